The molecule has 1 aromatic carbocycles. The molecule has 0 heterocycles. The van der Waals surface area contributed by atoms with Crippen LogP contribution in [0.5, 0.6) is 0 Å². The second kappa shape index (κ2) is 13.7. The topological polar surface area (TPSA) is 81.7 Å². The van der Waals surface area contributed by atoms with Crippen LogP contribution in [-0.4, -0.2) is 32.1 Å². The molecule has 0 aliphatic carbocycles. The van der Waals surface area contributed by atoms with Crippen molar-refractivity contribution in [1.29, 1.82) is 0 Å². The molecule has 6 heteroatoms. The van der Waals surface area contributed by atoms with E-state index in [2.05, 4.69) is 12.2 Å². The Labute approximate surface area is 168 Å². The summed E-state index contributed by atoms with van der Waals surface area (Å²) in [5.74, 6) is -1.30. The van der Waals surface area contributed by atoms with Crippen LogP contribution < -0.4 is 5.32 Å². The van der Waals surface area contributed by atoms with Crippen molar-refractivity contribution in [3.05, 3.63) is 29.3 Å². The van der Waals surface area contributed by atoms with Gasteiger partial charge in [0.2, 0.25) is 5.91 Å². The molecule has 0 unspecified atom stereocenters. The van der Waals surface area contributed by atoms with Crippen LogP contribution in [-0.2, 0) is 14.3 Å². The summed E-state index contributed by atoms with van der Waals surface area (Å²) in [4.78, 5) is 35.7. The first kappa shape index (κ1) is 23.7. The lowest BCUT2D eigenvalue weighted by Crippen LogP contribution is -2.14. The van der Waals surface area contributed by atoms with Crippen molar-refractivity contribution in [1.82, 2.24) is 0 Å². The Hall–Kier alpha value is -2.37. The van der Waals surface area contributed by atoms with Gasteiger partial charge in [-0.25, -0.2) is 9.59 Å². The third-order valence-corrected chi connectivity index (χ3v) is 4.57. The number of methoxy groups -OCH3 is 2. The van der Waals surface area contributed by atoms with E-state index in [-0.39, 0.29) is 17.0 Å². The van der Waals surface area contributed by atoms with Gasteiger partial charge < -0.3 is 14.8 Å². The summed E-state index contributed by atoms with van der Waals surface area (Å²) in [7, 11) is 2.52. The number of hydrogen-bond donors (Lipinski definition) is 1. The van der Waals surface area contributed by atoms with Crippen LogP contribution in [0.3, 0.4) is 0 Å². The summed E-state index contributed by atoms with van der Waals surface area (Å²) in [5, 5.41) is 2.75. The molecule has 0 saturated heterocycles. The first-order chi connectivity index (χ1) is 13.5. The normalized spacial score (nSPS) is 10.4. The number of benzene rings is 1. The first-order valence-corrected chi connectivity index (χ1v) is 10.1. The Kier molecular flexibility index (Phi) is 11.6. The minimum Gasteiger partial charge on any atom is -0.465 e. The molecule has 0 aliphatic heterocycles. The highest BCUT2D eigenvalue weighted by Gasteiger charge is 2.15. The molecule has 1 aromatic rings. The Morgan fingerprint density at radius 3 is 1.68 bits per heavy atom. The molecule has 1 N–H and O–H groups in total. The van der Waals surface area contributed by atoms with Crippen molar-refractivity contribution in [3.8, 4) is 0 Å². The average molecular weight is 392 g/mol. The van der Waals surface area contributed by atoms with Crippen molar-refractivity contribution < 1.29 is 23.9 Å². The number of carbonyl (C=O) groups excluding carboxylic acids is 3. The molecule has 28 heavy (non-hydrogen) atoms. The quantitative estimate of drug-likeness (QED) is 0.373. The minimum absolute atomic E-state index is 0.138. The van der Waals surface area contributed by atoms with E-state index in [9.17, 15) is 14.4 Å². The Balaban J connectivity index is 2.46. The minimum atomic E-state index is -0.583. The number of rotatable bonds is 13. The van der Waals surface area contributed by atoms with Crippen molar-refractivity contribution in [2.45, 2.75) is 71.1 Å². The van der Waals surface area contributed by atoms with Gasteiger partial charge in [0.1, 0.15) is 0 Å². The summed E-state index contributed by atoms with van der Waals surface area (Å²) < 4.78 is 9.39. The lowest BCUT2D eigenvalue weighted by Gasteiger charge is -2.09. The predicted octanol–water partition coefficient (Wildman–Crippen LogP) is 5.12. The lowest BCUT2D eigenvalue weighted by molar-refractivity contribution is -0.116. The first-order valence-electron chi connectivity index (χ1n) is 10.1. The molecule has 0 fully saturated rings. The van der Waals surface area contributed by atoms with Crippen LogP contribution in [0.2, 0.25) is 0 Å². The second-order valence-corrected chi connectivity index (χ2v) is 6.91. The van der Waals surface area contributed by atoms with E-state index in [1.165, 1.54) is 70.9 Å². The molecule has 1 rings (SSSR count). The maximum Gasteiger partial charge on any atom is 0.337 e. The number of hydrogen-bond acceptors (Lipinski definition) is 5. The fourth-order valence-corrected chi connectivity index (χ4v) is 2.99. The zero-order valence-electron chi connectivity index (χ0n) is 17.3. The van der Waals surface area contributed by atoms with Gasteiger partial charge >= 0.3 is 11.9 Å². The maximum atomic E-state index is 12.2. The van der Waals surface area contributed by atoms with E-state index < -0.39 is 11.9 Å². The number of ether oxygens (including phenoxy) is 2. The third-order valence-electron chi connectivity index (χ3n) is 4.57. The van der Waals surface area contributed by atoms with Gasteiger partial charge in [0.25, 0.3) is 0 Å². The summed E-state index contributed by atoms with van der Waals surface area (Å²) in [5.41, 5.74) is 0.747. The SMILES string of the molecule is CCCCCCCCCCCC(=O)Nc1cc(C(=O)OC)cc(C(=O)OC)c1. The third kappa shape index (κ3) is 9.02. The van der Waals surface area contributed by atoms with E-state index in [1.807, 2.05) is 0 Å². The number of amides is 1. The number of unbranched alkanes of at least 4 members (excludes halogenated alkanes) is 8. The van der Waals surface area contributed by atoms with Gasteiger partial charge in [0.05, 0.1) is 25.3 Å². The molecule has 0 saturated carbocycles. The highest BCUT2D eigenvalue weighted by molar-refractivity contribution is 5.99. The number of anilines is 1. The van der Waals surface area contributed by atoms with E-state index in [0.717, 1.165) is 19.3 Å². The Morgan fingerprint density at radius 1 is 0.750 bits per heavy atom. The molecule has 1 amide bonds. The fourth-order valence-electron chi connectivity index (χ4n) is 2.99. The molecule has 0 radical (unpaired) electrons. The van der Waals surface area contributed by atoms with Crippen molar-refractivity contribution in [3.63, 3.8) is 0 Å². The van der Waals surface area contributed by atoms with Crippen LogP contribution in [0.4, 0.5) is 5.69 Å². The van der Waals surface area contributed by atoms with Crippen molar-refractivity contribution in [2.24, 2.45) is 0 Å². The highest BCUT2D eigenvalue weighted by Crippen LogP contribution is 2.18. The molecular formula is C22H33NO5. The van der Waals surface area contributed by atoms with Crippen LogP contribution in [0, 0.1) is 0 Å². The van der Waals surface area contributed by atoms with Crippen LogP contribution in [0.25, 0.3) is 0 Å². The summed E-state index contributed by atoms with van der Waals surface area (Å²) in [6, 6.07) is 4.37. The average Bonchev–Trinajstić information content (AvgIpc) is 2.71. The molecule has 0 bridgehead atoms. The van der Waals surface area contributed by atoms with Crippen LogP contribution >= 0.6 is 0 Å². The van der Waals surface area contributed by atoms with Gasteiger partial charge in [-0.15, -0.1) is 0 Å². The smallest absolute Gasteiger partial charge is 0.337 e. The van der Waals surface area contributed by atoms with Gasteiger partial charge in [0, 0.05) is 12.1 Å². The number of carbonyl (C=O) groups is 3. The van der Waals surface area contributed by atoms with Gasteiger partial charge in [-0.3, -0.25) is 4.79 Å². The van der Waals surface area contributed by atoms with Gasteiger partial charge in [-0.1, -0.05) is 58.3 Å². The van der Waals surface area contributed by atoms with E-state index in [4.69, 9.17) is 9.47 Å². The zero-order valence-corrected chi connectivity index (χ0v) is 17.3. The molecule has 0 atom stereocenters. The van der Waals surface area contributed by atoms with Gasteiger partial charge in [0.15, 0.2) is 0 Å². The van der Waals surface area contributed by atoms with E-state index in [0.29, 0.717) is 12.1 Å². The molecule has 0 aromatic heterocycles. The largest absolute Gasteiger partial charge is 0.465 e. The van der Waals surface area contributed by atoms with Crippen LogP contribution in [0.1, 0.15) is 91.8 Å². The van der Waals surface area contributed by atoms with Crippen molar-refractivity contribution in [2.75, 3.05) is 19.5 Å². The zero-order chi connectivity index (χ0) is 20.8. The predicted molar refractivity (Wildman–Crippen MR) is 110 cm³/mol. The number of nitrogens with one attached hydrogen (secondary N) is 1. The van der Waals surface area contributed by atoms with Gasteiger partial charge in [-0.05, 0) is 24.6 Å². The van der Waals surface area contributed by atoms with Gasteiger partial charge in [-0.2, -0.15) is 0 Å². The van der Waals surface area contributed by atoms with E-state index >= 15 is 0 Å². The van der Waals surface area contributed by atoms with E-state index in [1.54, 1.807) is 0 Å². The highest BCUT2D eigenvalue weighted by atomic mass is 16.5. The molecule has 6 nitrogen and oxygen atoms in total. The Bertz CT molecular complexity index is 608. The molecule has 0 aliphatic rings. The monoisotopic (exact) mass is 391 g/mol. The fraction of sp³-hybridized carbons (Fsp3) is 0.591. The summed E-state index contributed by atoms with van der Waals surface area (Å²) in [6.45, 7) is 2.22. The summed E-state index contributed by atoms with van der Waals surface area (Å²) in [6.07, 6.45) is 11.1. The lowest BCUT2D eigenvalue weighted by atomic mass is 10.1. The molecule has 0 spiro atoms. The summed E-state index contributed by atoms with van der Waals surface area (Å²) >= 11 is 0. The molecule has 156 valence electrons. The molecular weight excluding hydrogens is 358 g/mol. The standard InChI is InChI=1S/C22H33NO5/c1-4-5-6-7-8-9-10-11-12-13-20(24)23-19-15-17(21(25)27-2)14-18(16-19)22(26)28-3/h14-16H,4-13H2,1-3H3,(H,23,24). The van der Waals surface area contributed by atoms with Crippen LogP contribution in [0.15, 0.2) is 18.2 Å². The second-order valence-electron chi connectivity index (χ2n) is 6.91. The number of esters is 2. The van der Waals surface area contributed by atoms with Crippen molar-refractivity contribution >= 4 is 23.5 Å². The Morgan fingerprint density at radius 2 is 1.21 bits per heavy atom. The maximum absolute atomic E-state index is 12.2.